The van der Waals surface area contributed by atoms with Gasteiger partial charge >= 0.3 is 0 Å². The second-order valence-electron chi connectivity index (χ2n) is 14.4. The summed E-state index contributed by atoms with van der Waals surface area (Å²) < 4.78 is 16.9. The second kappa shape index (κ2) is 19.5. The van der Waals surface area contributed by atoms with Crippen molar-refractivity contribution in [1.82, 2.24) is 24.9 Å². The maximum atomic E-state index is 5.25. The van der Waals surface area contributed by atoms with Crippen molar-refractivity contribution in [3.05, 3.63) is 198 Å². The number of para-hydroxylation sites is 3. The Morgan fingerprint density at radius 2 is 1.17 bits per heavy atom. The lowest BCUT2D eigenvalue weighted by Crippen LogP contribution is -1.73. The summed E-state index contributed by atoms with van der Waals surface area (Å²) in [5.41, 5.74) is 17.6. The van der Waals surface area contributed by atoms with Crippen molar-refractivity contribution in [3.63, 3.8) is 0 Å². The fourth-order valence-corrected chi connectivity index (χ4v) is 7.34. The van der Waals surface area contributed by atoms with Crippen LogP contribution >= 0.6 is 11.3 Å². The number of aromatic nitrogens is 5. The molecule has 60 heavy (non-hydrogen) atoms. The van der Waals surface area contributed by atoms with E-state index in [2.05, 4.69) is 95.1 Å². The molecular formula is C51H47N5O3S. The van der Waals surface area contributed by atoms with Crippen LogP contribution in [0.25, 0.3) is 65.2 Å². The van der Waals surface area contributed by atoms with Crippen molar-refractivity contribution in [2.24, 2.45) is 0 Å². The predicted octanol–water partition coefficient (Wildman–Crippen LogP) is 14.6. The SMILES string of the molecule is Cc1ccc2[nH]ccc2c1.Cc1ccc2occc2c1.Cc1cccc2[nH]cnc12.Cc1cccc2ccoc12.Cc1cccc2ncoc12.Cc1cccc2ncsc12. The largest absolute Gasteiger partial charge is 0.464 e. The van der Waals surface area contributed by atoms with Crippen LogP contribution in [-0.4, -0.2) is 24.9 Å². The average Bonchev–Trinajstić information content (AvgIpc) is 4.10. The Labute approximate surface area is 352 Å². The number of imidazole rings is 1. The van der Waals surface area contributed by atoms with Crippen LogP contribution < -0.4 is 0 Å². The fraction of sp³-hybridized carbons (Fsp3) is 0.118. The number of fused-ring (bicyclic) bond motifs is 6. The molecule has 12 aromatic rings. The molecule has 0 aliphatic heterocycles. The zero-order chi connectivity index (χ0) is 41.8. The van der Waals surface area contributed by atoms with E-state index in [-0.39, 0.29) is 0 Å². The molecule has 8 nitrogen and oxygen atoms in total. The predicted molar refractivity (Wildman–Crippen MR) is 249 cm³/mol. The minimum atomic E-state index is 0.891. The Morgan fingerprint density at radius 1 is 0.483 bits per heavy atom. The Balaban J connectivity index is 0.000000109. The monoisotopic (exact) mass is 809 g/mol. The molecular weight excluding hydrogens is 763 g/mol. The highest BCUT2D eigenvalue weighted by Crippen LogP contribution is 2.21. The van der Waals surface area contributed by atoms with Gasteiger partial charge in [0.15, 0.2) is 12.0 Å². The molecule has 0 amide bonds. The smallest absolute Gasteiger partial charge is 0.181 e. The summed E-state index contributed by atoms with van der Waals surface area (Å²) >= 11 is 1.70. The minimum Gasteiger partial charge on any atom is -0.464 e. The van der Waals surface area contributed by atoms with Crippen molar-refractivity contribution in [2.45, 2.75) is 41.5 Å². The van der Waals surface area contributed by atoms with E-state index in [9.17, 15) is 0 Å². The Morgan fingerprint density at radius 3 is 1.95 bits per heavy atom. The standard InChI is InChI=1S/C9H9N.2C9H8O.C8H8N2.C8H7NO.C8H7NS/c2*1-7-2-3-9-8(6-7)4-5-10-9;1-7-3-2-4-8-5-6-10-9(7)8;3*1-6-3-2-4-7-8(6)10-5-9-7/h2-6,10H,1H3;2*2-6H,1H3;2-5H,1H3,(H,9,10);2*2-5H,1H3. The van der Waals surface area contributed by atoms with Gasteiger partial charge in [-0.15, -0.1) is 11.3 Å². The van der Waals surface area contributed by atoms with E-state index in [1.54, 1.807) is 30.2 Å². The van der Waals surface area contributed by atoms with Crippen LogP contribution in [0.4, 0.5) is 0 Å². The molecule has 0 unspecified atom stereocenters. The summed E-state index contributed by atoms with van der Waals surface area (Å²) in [6.45, 7) is 12.4. The molecule has 0 saturated heterocycles. The molecule has 9 heteroatoms. The number of aromatic amines is 2. The van der Waals surface area contributed by atoms with Gasteiger partial charge in [0.1, 0.15) is 16.7 Å². The molecule has 0 saturated carbocycles. The normalized spacial score (nSPS) is 10.5. The highest BCUT2D eigenvalue weighted by atomic mass is 32.1. The van der Waals surface area contributed by atoms with Crippen molar-refractivity contribution in [1.29, 1.82) is 0 Å². The molecule has 0 radical (unpaired) electrons. The summed E-state index contributed by atoms with van der Waals surface area (Å²) in [7, 11) is 0. The van der Waals surface area contributed by atoms with E-state index in [4.69, 9.17) is 13.3 Å². The number of rotatable bonds is 0. The van der Waals surface area contributed by atoms with E-state index in [0.717, 1.165) is 44.4 Å². The average molecular weight is 810 g/mol. The molecule has 6 heterocycles. The molecule has 300 valence electrons. The highest BCUT2D eigenvalue weighted by molar-refractivity contribution is 7.16. The van der Waals surface area contributed by atoms with Crippen molar-refractivity contribution in [2.75, 3.05) is 0 Å². The quantitative estimate of drug-likeness (QED) is 0.158. The summed E-state index contributed by atoms with van der Waals surface area (Å²) in [5.74, 6) is 0. The summed E-state index contributed by atoms with van der Waals surface area (Å²) in [6, 6.07) is 42.9. The first-order valence-corrected chi connectivity index (χ1v) is 20.5. The number of oxazole rings is 1. The van der Waals surface area contributed by atoms with Crippen molar-refractivity contribution in [3.8, 4) is 0 Å². The molecule has 12 rings (SSSR count). The van der Waals surface area contributed by atoms with Crippen LogP contribution in [0, 0.1) is 41.5 Å². The molecule has 0 atom stereocenters. The Bertz CT molecular complexity index is 2850. The second-order valence-corrected chi connectivity index (χ2v) is 15.2. The van der Waals surface area contributed by atoms with Gasteiger partial charge in [-0.25, -0.2) is 15.0 Å². The third-order valence-electron chi connectivity index (χ3n) is 9.75. The molecule has 0 bridgehead atoms. The van der Waals surface area contributed by atoms with Gasteiger partial charge in [-0.3, -0.25) is 0 Å². The van der Waals surface area contributed by atoms with Crippen LogP contribution in [0.5, 0.6) is 0 Å². The van der Waals surface area contributed by atoms with Crippen LogP contribution in [0.2, 0.25) is 0 Å². The maximum absolute atomic E-state index is 5.25. The van der Waals surface area contributed by atoms with Gasteiger partial charge in [-0.1, -0.05) is 77.9 Å². The molecule has 6 aromatic carbocycles. The number of benzene rings is 6. The van der Waals surface area contributed by atoms with Crippen LogP contribution in [0.1, 0.15) is 33.4 Å². The van der Waals surface area contributed by atoms with Crippen LogP contribution in [-0.2, 0) is 0 Å². The van der Waals surface area contributed by atoms with E-state index in [1.807, 2.05) is 110 Å². The van der Waals surface area contributed by atoms with E-state index in [0.29, 0.717) is 0 Å². The van der Waals surface area contributed by atoms with Gasteiger partial charge < -0.3 is 23.2 Å². The van der Waals surface area contributed by atoms with E-state index < -0.39 is 0 Å². The molecule has 6 aromatic heterocycles. The van der Waals surface area contributed by atoms with Gasteiger partial charge in [0.25, 0.3) is 0 Å². The van der Waals surface area contributed by atoms with Gasteiger partial charge in [0.2, 0.25) is 0 Å². The summed E-state index contributed by atoms with van der Waals surface area (Å²) in [4.78, 5) is 18.6. The van der Waals surface area contributed by atoms with E-state index >= 15 is 0 Å². The zero-order valence-electron chi connectivity index (χ0n) is 34.6. The first-order valence-electron chi connectivity index (χ1n) is 19.6. The third-order valence-corrected chi connectivity index (χ3v) is 10.7. The van der Waals surface area contributed by atoms with Gasteiger partial charge in [-0.05, 0) is 130 Å². The lowest BCUT2D eigenvalue weighted by molar-refractivity contribution is 0.600. The van der Waals surface area contributed by atoms with Gasteiger partial charge in [-0.2, -0.15) is 0 Å². The fourth-order valence-electron chi connectivity index (χ4n) is 6.57. The minimum absolute atomic E-state index is 0.891. The lowest BCUT2D eigenvalue weighted by atomic mass is 10.2. The third kappa shape index (κ3) is 10.2. The maximum Gasteiger partial charge on any atom is 0.181 e. The molecule has 2 N–H and O–H groups in total. The molecule has 0 fully saturated rings. The van der Waals surface area contributed by atoms with Crippen molar-refractivity contribution < 1.29 is 13.3 Å². The molecule has 0 aliphatic rings. The number of nitrogens with zero attached hydrogens (tertiary/aromatic N) is 3. The topological polar surface area (TPSA) is 110 Å². The number of hydrogen-bond donors (Lipinski definition) is 2. The van der Waals surface area contributed by atoms with Crippen molar-refractivity contribution >= 4 is 76.5 Å². The molecule has 0 spiro atoms. The number of hydrogen-bond acceptors (Lipinski definition) is 7. The zero-order valence-corrected chi connectivity index (χ0v) is 35.4. The van der Waals surface area contributed by atoms with Gasteiger partial charge in [0, 0.05) is 22.5 Å². The Kier molecular flexibility index (Phi) is 13.3. The number of thiazole rings is 1. The number of aryl methyl sites for hydroxylation is 6. The Hall–Kier alpha value is -7.23. The van der Waals surface area contributed by atoms with Gasteiger partial charge in [0.05, 0.1) is 45.6 Å². The highest BCUT2D eigenvalue weighted by Gasteiger charge is 2.00. The number of nitrogens with one attached hydrogen (secondary N) is 2. The summed E-state index contributed by atoms with van der Waals surface area (Å²) in [6.07, 6.45) is 8.58. The van der Waals surface area contributed by atoms with E-state index in [1.165, 1.54) is 60.6 Å². The van der Waals surface area contributed by atoms with Crippen LogP contribution in [0.15, 0.2) is 178 Å². The number of furan rings is 2. The first kappa shape index (κ1) is 40.9. The number of H-pyrrole nitrogens is 2. The van der Waals surface area contributed by atoms with Crippen LogP contribution in [0.3, 0.4) is 0 Å². The lowest BCUT2D eigenvalue weighted by Gasteiger charge is -1.90. The summed E-state index contributed by atoms with van der Waals surface area (Å²) in [5, 5.41) is 3.65. The molecule has 0 aliphatic carbocycles. The first-order chi connectivity index (χ1) is 29.2.